The average Bonchev–Trinajstić information content (AvgIpc) is 3.37. The number of fused-ring (bicyclic) bond motifs is 2. The standard InChI is InChI=1S/C24H29N3O2/c1-4-15(2)22-12-20(16(3)27(22)18-7-5-17(13-25)6-8-18)24(29)14-26-19-9-10-21(26)23(28)11-19/h5-8,12,15,19,21,23,28H,4,9-11,14H2,1-3H3/t15?,19-,21+,23+/m0/s1. The number of hydrogen-bond donors (Lipinski definition) is 1. The molecule has 4 atom stereocenters. The van der Waals surface area contributed by atoms with Gasteiger partial charge < -0.3 is 9.67 Å². The molecule has 5 nitrogen and oxygen atoms in total. The van der Waals surface area contributed by atoms with Gasteiger partial charge >= 0.3 is 0 Å². The predicted molar refractivity (Wildman–Crippen MR) is 112 cm³/mol. The molecule has 1 aromatic heterocycles. The molecule has 4 rings (SSSR count). The van der Waals surface area contributed by atoms with Crippen molar-refractivity contribution >= 4 is 5.78 Å². The largest absolute Gasteiger partial charge is 0.391 e. The van der Waals surface area contributed by atoms with Gasteiger partial charge in [0.1, 0.15) is 0 Å². The van der Waals surface area contributed by atoms with Crippen molar-refractivity contribution < 1.29 is 9.90 Å². The second-order valence-electron chi connectivity index (χ2n) is 8.57. The summed E-state index contributed by atoms with van der Waals surface area (Å²) in [5.74, 6) is 0.445. The Balaban J connectivity index is 1.68. The van der Waals surface area contributed by atoms with E-state index in [4.69, 9.17) is 5.26 Å². The van der Waals surface area contributed by atoms with Crippen LogP contribution in [-0.4, -0.2) is 45.1 Å². The van der Waals surface area contributed by atoms with Crippen molar-refractivity contribution in [3.05, 3.63) is 52.8 Å². The SMILES string of the molecule is CCC(C)c1cc(C(=O)CN2[C@H]3CC[C@@H]2[C@H](O)C3)c(C)n1-c1ccc(C#N)cc1. The van der Waals surface area contributed by atoms with Gasteiger partial charge in [-0.1, -0.05) is 13.8 Å². The van der Waals surface area contributed by atoms with Crippen LogP contribution >= 0.6 is 0 Å². The maximum Gasteiger partial charge on any atom is 0.178 e. The van der Waals surface area contributed by atoms with Crippen molar-refractivity contribution in [2.75, 3.05) is 6.54 Å². The molecule has 5 heteroatoms. The Morgan fingerprint density at radius 2 is 2.03 bits per heavy atom. The molecule has 1 unspecified atom stereocenters. The van der Waals surface area contributed by atoms with Crippen LogP contribution < -0.4 is 0 Å². The number of nitrogens with zero attached hydrogens (tertiary/aromatic N) is 3. The molecular formula is C24H29N3O2. The molecule has 2 aliphatic heterocycles. The summed E-state index contributed by atoms with van der Waals surface area (Å²) in [5.41, 5.74) is 4.45. The fourth-order valence-electron chi connectivity index (χ4n) is 5.08. The fraction of sp³-hybridized carbons (Fsp3) is 0.500. The minimum Gasteiger partial charge on any atom is -0.391 e. The molecule has 0 aliphatic carbocycles. The van der Waals surface area contributed by atoms with E-state index in [-0.39, 0.29) is 17.9 Å². The Kier molecular flexibility index (Phi) is 5.33. The maximum atomic E-state index is 13.3. The summed E-state index contributed by atoms with van der Waals surface area (Å²) in [6, 6.07) is 12.2. The van der Waals surface area contributed by atoms with Crippen LogP contribution in [0.2, 0.25) is 0 Å². The van der Waals surface area contributed by atoms with E-state index < -0.39 is 0 Å². The van der Waals surface area contributed by atoms with Crippen molar-refractivity contribution in [2.45, 2.75) is 70.6 Å². The number of nitriles is 1. The van der Waals surface area contributed by atoms with E-state index in [9.17, 15) is 9.90 Å². The number of aliphatic hydroxyl groups excluding tert-OH is 1. The zero-order chi connectivity index (χ0) is 20.7. The number of hydrogen-bond acceptors (Lipinski definition) is 4. The second-order valence-corrected chi connectivity index (χ2v) is 8.57. The highest BCUT2D eigenvalue weighted by Crippen LogP contribution is 2.38. The molecule has 29 heavy (non-hydrogen) atoms. The first-order chi connectivity index (χ1) is 13.9. The molecule has 152 valence electrons. The number of rotatable bonds is 6. The number of benzene rings is 1. The highest BCUT2D eigenvalue weighted by atomic mass is 16.3. The Hall–Kier alpha value is -2.42. The predicted octanol–water partition coefficient (Wildman–Crippen LogP) is 3.95. The highest BCUT2D eigenvalue weighted by molar-refractivity contribution is 5.99. The van der Waals surface area contributed by atoms with Crippen LogP contribution in [0.5, 0.6) is 0 Å². The summed E-state index contributed by atoms with van der Waals surface area (Å²) in [5, 5.41) is 19.3. The highest BCUT2D eigenvalue weighted by Gasteiger charge is 2.46. The summed E-state index contributed by atoms with van der Waals surface area (Å²) in [7, 11) is 0. The molecule has 0 saturated carbocycles. The Labute approximate surface area is 172 Å². The van der Waals surface area contributed by atoms with E-state index in [1.54, 1.807) is 0 Å². The van der Waals surface area contributed by atoms with Gasteiger partial charge in [0.2, 0.25) is 0 Å². The first-order valence-electron chi connectivity index (χ1n) is 10.6. The van der Waals surface area contributed by atoms with Gasteiger partial charge in [-0.15, -0.1) is 0 Å². The minimum atomic E-state index is -0.290. The summed E-state index contributed by atoms with van der Waals surface area (Å²) in [6.07, 6.45) is 3.55. The lowest BCUT2D eigenvalue weighted by atomic mass is 9.98. The van der Waals surface area contributed by atoms with Gasteiger partial charge in [0.05, 0.1) is 24.3 Å². The van der Waals surface area contributed by atoms with Crippen LogP contribution in [0.3, 0.4) is 0 Å². The molecule has 2 saturated heterocycles. The van der Waals surface area contributed by atoms with Crippen molar-refractivity contribution in [1.29, 1.82) is 5.26 Å². The topological polar surface area (TPSA) is 69.3 Å². The van der Waals surface area contributed by atoms with Crippen LogP contribution in [0, 0.1) is 18.3 Å². The van der Waals surface area contributed by atoms with Gasteiger partial charge in [-0.3, -0.25) is 9.69 Å². The summed E-state index contributed by atoms with van der Waals surface area (Å²) >= 11 is 0. The van der Waals surface area contributed by atoms with Crippen molar-refractivity contribution in [3.63, 3.8) is 0 Å². The van der Waals surface area contributed by atoms with Crippen molar-refractivity contribution in [2.24, 2.45) is 0 Å². The summed E-state index contributed by atoms with van der Waals surface area (Å²) < 4.78 is 2.16. The normalized spacial score (nSPS) is 24.6. The van der Waals surface area contributed by atoms with Gasteiger partial charge in [-0.2, -0.15) is 5.26 Å². The first kappa shape index (κ1) is 19.9. The van der Waals surface area contributed by atoms with E-state index in [0.717, 1.165) is 48.3 Å². The molecule has 2 bridgehead atoms. The van der Waals surface area contributed by atoms with Crippen LogP contribution in [0.4, 0.5) is 0 Å². The third kappa shape index (κ3) is 3.41. The monoisotopic (exact) mass is 391 g/mol. The molecule has 3 heterocycles. The van der Waals surface area contributed by atoms with E-state index >= 15 is 0 Å². The minimum absolute atomic E-state index is 0.130. The zero-order valence-electron chi connectivity index (χ0n) is 17.4. The number of ketones is 1. The molecule has 2 fully saturated rings. The van der Waals surface area contributed by atoms with Crippen LogP contribution in [-0.2, 0) is 0 Å². The molecular weight excluding hydrogens is 362 g/mol. The van der Waals surface area contributed by atoms with Crippen molar-refractivity contribution in [1.82, 2.24) is 9.47 Å². The maximum absolute atomic E-state index is 13.3. The lowest BCUT2D eigenvalue weighted by molar-refractivity contribution is 0.0873. The molecule has 0 spiro atoms. The molecule has 0 amide bonds. The fourth-order valence-corrected chi connectivity index (χ4v) is 5.08. The van der Waals surface area contributed by atoms with Crippen LogP contribution in [0.1, 0.15) is 72.8 Å². The molecule has 0 radical (unpaired) electrons. The van der Waals surface area contributed by atoms with E-state index in [2.05, 4.69) is 35.5 Å². The molecule has 1 N–H and O–H groups in total. The Morgan fingerprint density at radius 1 is 1.31 bits per heavy atom. The quantitative estimate of drug-likeness (QED) is 0.757. The average molecular weight is 392 g/mol. The number of aromatic nitrogens is 1. The Bertz CT molecular complexity index is 954. The van der Waals surface area contributed by atoms with Crippen LogP contribution in [0.15, 0.2) is 30.3 Å². The molecule has 1 aromatic carbocycles. The van der Waals surface area contributed by atoms with E-state index in [0.29, 0.717) is 24.1 Å². The number of carbonyl (C=O) groups is 1. The number of Topliss-reactive ketones (excluding diaryl/α,β-unsaturated/α-hetero) is 1. The van der Waals surface area contributed by atoms with E-state index in [1.165, 1.54) is 0 Å². The zero-order valence-corrected chi connectivity index (χ0v) is 17.4. The Morgan fingerprint density at radius 3 is 2.59 bits per heavy atom. The third-order valence-corrected chi connectivity index (χ3v) is 6.92. The summed E-state index contributed by atoms with van der Waals surface area (Å²) in [4.78, 5) is 15.5. The molecule has 2 aromatic rings. The molecule has 2 aliphatic rings. The van der Waals surface area contributed by atoms with Gasteiger partial charge in [0, 0.05) is 34.7 Å². The second kappa shape index (κ2) is 7.78. The summed E-state index contributed by atoms with van der Waals surface area (Å²) in [6.45, 7) is 6.72. The third-order valence-electron chi connectivity index (χ3n) is 6.92. The van der Waals surface area contributed by atoms with Gasteiger partial charge in [0.15, 0.2) is 5.78 Å². The van der Waals surface area contributed by atoms with Gasteiger partial charge in [0.25, 0.3) is 0 Å². The van der Waals surface area contributed by atoms with Crippen molar-refractivity contribution in [3.8, 4) is 11.8 Å². The lowest BCUT2D eigenvalue weighted by Crippen LogP contribution is -2.36. The van der Waals surface area contributed by atoms with Gasteiger partial charge in [-0.05, 0) is 68.9 Å². The smallest absolute Gasteiger partial charge is 0.178 e. The van der Waals surface area contributed by atoms with Gasteiger partial charge in [-0.25, -0.2) is 0 Å². The number of aliphatic hydroxyl groups is 1. The number of carbonyl (C=O) groups excluding carboxylic acids is 1. The first-order valence-corrected chi connectivity index (χ1v) is 10.6. The lowest BCUT2D eigenvalue weighted by Gasteiger charge is -2.21. The van der Waals surface area contributed by atoms with Crippen LogP contribution in [0.25, 0.3) is 5.69 Å². The van der Waals surface area contributed by atoms with E-state index in [1.807, 2.05) is 31.2 Å².